The van der Waals surface area contributed by atoms with Crippen molar-refractivity contribution >= 4 is 5.97 Å². The Morgan fingerprint density at radius 2 is 1.65 bits per heavy atom. The first-order valence-corrected chi connectivity index (χ1v) is 16.2. The molecule has 1 aromatic rings. The molecule has 5 aliphatic rings. The highest BCUT2D eigenvalue weighted by molar-refractivity contribution is 5.89. The number of nitrogens with zero attached hydrogens (tertiary/aromatic N) is 1. The van der Waals surface area contributed by atoms with Crippen LogP contribution < -0.4 is 0 Å². The molecule has 0 radical (unpaired) electrons. The van der Waals surface area contributed by atoms with E-state index in [1.807, 2.05) is 0 Å². The van der Waals surface area contributed by atoms with Crippen LogP contribution in [0.2, 0.25) is 0 Å². The number of carbonyl (C=O) groups is 1. The zero-order chi connectivity index (χ0) is 28.7. The summed E-state index contributed by atoms with van der Waals surface area (Å²) >= 11 is 0. The Morgan fingerprint density at radius 3 is 2.35 bits per heavy atom. The predicted octanol–water partition coefficient (Wildman–Crippen LogP) is 8.26. The number of hydrogen-bond acceptors (Lipinski definition) is 4. The SMILES string of the molecule is C=C(C)[C@@H]1CC[C@]2(COC(=O)c3ccncc3)CC[C@]3(C)[C@H](CC[C@@H]4[C@@]5(C)CC[C@H](O)C(C)(C)[C@@H]5CC[C@]43C)[C@@H]12. The van der Waals surface area contributed by atoms with Crippen molar-refractivity contribution in [2.24, 2.45) is 56.7 Å². The van der Waals surface area contributed by atoms with Gasteiger partial charge in [-0.2, -0.15) is 0 Å². The lowest BCUT2D eigenvalue weighted by Crippen LogP contribution is -2.66. The summed E-state index contributed by atoms with van der Waals surface area (Å²) in [4.78, 5) is 17.1. The molecule has 4 nitrogen and oxygen atoms in total. The molecule has 5 fully saturated rings. The maximum absolute atomic E-state index is 13.0. The molecule has 0 aromatic carbocycles. The van der Waals surface area contributed by atoms with Crippen LogP contribution in [0, 0.1) is 56.7 Å². The maximum Gasteiger partial charge on any atom is 0.338 e. The van der Waals surface area contributed by atoms with Crippen LogP contribution in [0.3, 0.4) is 0 Å². The van der Waals surface area contributed by atoms with Crippen molar-refractivity contribution in [1.82, 2.24) is 4.98 Å². The highest BCUT2D eigenvalue weighted by Gasteiger charge is 2.71. The number of carbonyl (C=O) groups excluding carboxylic acids is 1. The third-order valence-corrected chi connectivity index (χ3v) is 14.6. The number of esters is 1. The van der Waals surface area contributed by atoms with E-state index in [2.05, 4.69) is 53.1 Å². The van der Waals surface area contributed by atoms with Gasteiger partial charge in [0, 0.05) is 17.8 Å². The second-order valence-electron chi connectivity index (χ2n) is 16.2. The highest BCUT2D eigenvalue weighted by atomic mass is 16.5. The average molecular weight is 548 g/mol. The number of aromatic nitrogens is 1. The van der Waals surface area contributed by atoms with Crippen molar-refractivity contribution < 1.29 is 14.6 Å². The standard InChI is InChI=1S/C36H53NO3/c1-23(2)25-10-17-36(22-40-31(39)24-13-20-37-21-14-24)19-18-34(6)26(30(25)36)8-9-28-33(5)15-12-29(38)32(3,4)27(33)11-16-35(28,34)7/h13-14,20-21,25-30,38H,1,8-12,15-19,22H2,2-7H3/t25-,26+,27-,28+,29-,30+,33-,34+,35+,36+/m0/s1. The van der Waals surface area contributed by atoms with E-state index in [1.54, 1.807) is 24.5 Å². The van der Waals surface area contributed by atoms with Crippen LogP contribution in [-0.2, 0) is 4.74 Å². The summed E-state index contributed by atoms with van der Waals surface area (Å²) in [7, 11) is 0. The molecule has 0 saturated heterocycles. The lowest BCUT2D eigenvalue weighted by molar-refractivity contribution is -0.249. The fourth-order valence-corrected chi connectivity index (χ4v) is 12.3. The van der Waals surface area contributed by atoms with Crippen LogP contribution >= 0.6 is 0 Å². The number of fused-ring (bicyclic) bond motifs is 7. The minimum Gasteiger partial charge on any atom is -0.461 e. The second-order valence-corrected chi connectivity index (χ2v) is 16.2. The zero-order valence-corrected chi connectivity index (χ0v) is 26.0. The van der Waals surface area contributed by atoms with Crippen LogP contribution in [-0.4, -0.2) is 28.8 Å². The minimum absolute atomic E-state index is 0.0109. The van der Waals surface area contributed by atoms with E-state index in [1.165, 1.54) is 44.1 Å². The smallest absolute Gasteiger partial charge is 0.338 e. The molecule has 1 N–H and O–H groups in total. The van der Waals surface area contributed by atoms with Crippen LogP contribution in [0.15, 0.2) is 36.7 Å². The molecule has 40 heavy (non-hydrogen) atoms. The summed E-state index contributed by atoms with van der Waals surface area (Å²) in [6.07, 6.45) is 15.0. The Balaban J connectivity index is 1.32. The number of aliphatic hydroxyl groups excluding tert-OH is 1. The lowest BCUT2D eigenvalue weighted by Gasteiger charge is -2.73. The van der Waals surface area contributed by atoms with Gasteiger partial charge in [0.05, 0.1) is 18.3 Å². The van der Waals surface area contributed by atoms with Crippen LogP contribution in [0.5, 0.6) is 0 Å². The van der Waals surface area contributed by atoms with Gasteiger partial charge in [0.15, 0.2) is 0 Å². The molecule has 1 heterocycles. The molecule has 220 valence electrons. The van der Waals surface area contributed by atoms with E-state index >= 15 is 0 Å². The van der Waals surface area contributed by atoms with E-state index in [0.29, 0.717) is 52.6 Å². The summed E-state index contributed by atoms with van der Waals surface area (Å²) in [5.74, 6) is 2.75. The maximum atomic E-state index is 13.0. The molecule has 0 aliphatic heterocycles. The number of ether oxygens (including phenoxy) is 1. The summed E-state index contributed by atoms with van der Waals surface area (Å²) in [5, 5.41) is 11.0. The van der Waals surface area contributed by atoms with Crippen molar-refractivity contribution in [2.45, 2.75) is 112 Å². The Hall–Kier alpha value is -1.68. The molecular formula is C36H53NO3. The van der Waals surface area contributed by atoms with Crippen LogP contribution in [0.1, 0.15) is 116 Å². The minimum atomic E-state index is -0.216. The Morgan fingerprint density at radius 1 is 0.925 bits per heavy atom. The Labute approximate surface area is 242 Å². The third kappa shape index (κ3) is 3.79. The lowest BCUT2D eigenvalue weighted by atomic mass is 9.32. The van der Waals surface area contributed by atoms with Gasteiger partial charge in [0.1, 0.15) is 0 Å². The molecule has 4 heteroatoms. The van der Waals surface area contributed by atoms with Crippen molar-refractivity contribution in [2.75, 3.05) is 6.61 Å². The van der Waals surface area contributed by atoms with Gasteiger partial charge in [-0.15, -0.1) is 0 Å². The molecule has 1 aromatic heterocycles. The molecule has 0 spiro atoms. The first kappa shape index (κ1) is 28.4. The molecule has 5 aliphatic carbocycles. The highest BCUT2D eigenvalue weighted by Crippen LogP contribution is 2.77. The zero-order valence-electron chi connectivity index (χ0n) is 26.0. The van der Waals surface area contributed by atoms with Gasteiger partial charge in [-0.05, 0) is 135 Å². The van der Waals surface area contributed by atoms with Gasteiger partial charge in [-0.1, -0.05) is 46.8 Å². The normalized spacial score (nSPS) is 47.3. The van der Waals surface area contributed by atoms with E-state index in [9.17, 15) is 9.90 Å². The van der Waals surface area contributed by atoms with Gasteiger partial charge >= 0.3 is 5.97 Å². The van der Waals surface area contributed by atoms with Gasteiger partial charge in [0.25, 0.3) is 0 Å². The number of rotatable bonds is 4. The van der Waals surface area contributed by atoms with Gasteiger partial charge in [0.2, 0.25) is 0 Å². The molecule has 0 unspecified atom stereocenters. The van der Waals surface area contributed by atoms with Gasteiger partial charge < -0.3 is 9.84 Å². The quantitative estimate of drug-likeness (QED) is 0.304. The summed E-state index contributed by atoms with van der Waals surface area (Å²) < 4.78 is 6.14. The fraction of sp³-hybridized carbons (Fsp3) is 0.778. The summed E-state index contributed by atoms with van der Waals surface area (Å²) in [5.41, 5.74) is 2.81. The van der Waals surface area contributed by atoms with Crippen LogP contribution in [0.4, 0.5) is 0 Å². The average Bonchev–Trinajstić information content (AvgIpc) is 3.31. The van der Waals surface area contributed by atoms with E-state index in [-0.39, 0.29) is 28.3 Å². The molecule has 0 amide bonds. The van der Waals surface area contributed by atoms with Crippen LogP contribution in [0.25, 0.3) is 0 Å². The summed E-state index contributed by atoms with van der Waals surface area (Å²) in [6, 6.07) is 3.51. The Bertz CT molecular complexity index is 1160. The molecule has 0 bridgehead atoms. The molecule has 10 atom stereocenters. The summed E-state index contributed by atoms with van der Waals surface area (Å²) in [6.45, 7) is 19.9. The van der Waals surface area contributed by atoms with Crippen molar-refractivity contribution in [3.8, 4) is 0 Å². The van der Waals surface area contributed by atoms with Gasteiger partial charge in [-0.25, -0.2) is 4.79 Å². The largest absolute Gasteiger partial charge is 0.461 e. The predicted molar refractivity (Wildman–Crippen MR) is 159 cm³/mol. The van der Waals surface area contributed by atoms with E-state index in [4.69, 9.17) is 4.74 Å². The van der Waals surface area contributed by atoms with Crippen molar-refractivity contribution in [1.29, 1.82) is 0 Å². The number of hydrogen-bond donors (Lipinski definition) is 1. The Kier molecular flexibility index (Phi) is 6.69. The first-order valence-electron chi connectivity index (χ1n) is 16.2. The third-order valence-electron chi connectivity index (χ3n) is 14.6. The van der Waals surface area contributed by atoms with Crippen molar-refractivity contribution in [3.63, 3.8) is 0 Å². The fourth-order valence-electron chi connectivity index (χ4n) is 12.3. The second kappa shape index (κ2) is 9.41. The van der Waals surface area contributed by atoms with E-state index < -0.39 is 0 Å². The number of aliphatic hydroxyl groups is 1. The van der Waals surface area contributed by atoms with Crippen molar-refractivity contribution in [3.05, 3.63) is 42.2 Å². The van der Waals surface area contributed by atoms with E-state index in [0.717, 1.165) is 25.7 Å². The first-order chi connectivity index (χ1) is 18.8. The molecule has 5 saturated carbocycles. The molecular weight excluding hydrogens is 494 g/mol. The van der Waals surface area contributed by atoms with Gasteiger partial charge in [-0.3, -0.25) is 4.98 Å². The number of pyridine rings is 1. The molecule has 6 rings (SSSR count). The topological polar surface area (TPSA) is 59.4 Å². The monoisotopic (exact) mass is 547 g/mol. The number of allylic oxidation sites excluding steroid dienone is 1.